The second-order valence-electron chi connectivity index (χ2n) is 6.23. The van der Waals surface area contributed by atoms with Crippen LogP contribution in [0.25, 0.3) is 10.9 Å². The van der Waals surface area contributed by atoms with Gasteiger partial charge in [0.25, 0.3) is 0 Å². The second-order valence-corrected chi connectivity index (χ2v) is 6.23. The summed E-state index contributed by atoms with van der Waals surface area (Å²) < 4.78 is 19.7. The van der Waals surface area contributed by atoms with Gasteiger partial charge in [-0.1, -0.05) is 42.5 Å². The summed E-state index contributed by atoms with van der Waals surface area (Å²) in [6.07, 6.45) is 2.48. The van der Waals surface area contributed by atoms with Gasteiger partial charge in [0.2, 0.25) is 0 Å². The first-order valence-electron chi connectivity index (χ1n) is 8.88. The first-order chi connectivity index (χ1) is 13.3. The van der Waals surface area contributed by atoms with Crippen molar-refractivity contribution in [3.05, 3.63) is 96.4 Å². The van der Waals surface area contributed by atoms with Crippen LogP contribution in [0.4, 0.5) is 10.1 Å². The predicted molar refractivity (Wildman–Crippen MR) is 107 cm³/mol. The van der Waals surface area contributed by atoms with E-state index in [0.717, 1.165) is 35.5 Å². The molecule has 0 unspecified atom stereocenters. The first-order valence-corrected chi connectivity index (χ1v) is 8.88. The van der Waals surface area contributed by atoms with Crippen LogP contribution in [-0.2, 0) is 6.42 Å². The molecule has 1 N–H and O–H groups in total. The van der Waals surface area contributed by atoms with Crippen molar-refractivity contribution >= 4 is 16.6 Å². The maximum absolute atomic E-state index is 13.8. The third-order valence-corrected chi connectivity index (χ3v) is 4.35. The van der Waals surface area contributed by atoms with Gasteiger partial charge in [-0.05, 0) is 48.4 Å². The highest BCUT2D eigenvalue weighted by molar-refractivity contribution is 5.91. The molecule has 1 heterocycles. The molecular weight excluding hydrogens is 339 g/mol. The van der Waals surface area contributed by atoms with Gasteiger partial charge in [0.15, 0.2) is 0 Å². The largest absolute Gasteiger partial charge is 0.457 e. The molecule has 0 aliphatic carbocycles. The normalized spacial score (nSPS) is 10.7. The Labute approximate surface area is 157 Å². The van der Waals surface area contributed by atoms with Crippen molar-refractivity contribution in [3.63, 3.8) is 0 Å². The third-order valence-electron chi connectivity index (χ3n) is 4.35. The number of para-hydroxylation sites is 2. The first kappa shape index (κ1) is 17.0. The van der Waals surface area contributed by atoms with E-state index in [1.54, 1.807) is 12.3 Å². The number of nitrogens with one attached hydrogen (secondary N) is 1. The molecule has 4 heteroatoms. The predicted octanol–water partition coefficient (Wildman–Crippen LogP) is 5.82. The van der Waals surface area contributed by atoms with Gasteiger partial charge in [-0.25, -0.2) is 4.39 Å². The number of rotatable bonds is 6. The molecule has 0 spiro atoms. The van der Waals surface area contributed by atoms with E-state index >= 15 is 0 Å². The minimum atomic E-state index is -0.301. The van der Waals surface area contributed by atoms with E-state index in [-0.39, 0.29) is 5.82 Å². The number of aromatic nitrogens is 1. The molecule has 134 valence electrons. The Kier molecular flexibility index (Phi) is 4.97. The van der Waals surface area contributed by atoms with E-state index in [0.29, 0.717) is 5.52 Å². The number of halogens is 1. The van der Waals surface area contributed by atoms with Gasteiger partial charge in [-0.15, -0.1) is 0 Å². The van der Waals surface area contributed by atoms with Crippen molar-refractivity contribution < 1.29 is 9.13 Å². The quantitative estimate of drug-likeness (QED) is 0.471. The Morgan fingerprint density at radius 2 is 1.59 bits per heavy atom. The van der Waals surface area contributed by atoms with E-state index < -0.39 is 0 Å². The fourth-order valence-corrected chi connectivity index (χ4v) is 2.98. The molecule has 0 saturated carbocycles. The number of nitrogens with zero attached hydrogens (tertiary/aromatic N) is 1. The van der Waals surface area contributed by atoms with Gasteiger partial charge < -0.3 is 10.1 Å². The summed E-state index contributed by atoms with van der Waals surface area (Å²) in [6, 6.07) is 24.7. The number of anilines is 1. The summed E-state index contributed by atoms with van der Waals surface area (Å²) in [6.45, 7) is 0.745. The number of ether oxygens (including phenoxy) is 1. The average Bonchev–Trinajstić information content (AvgIpc) is 2.71. The summed E-state index contributed by atoms with van der Waals surface area (Å²) >= 11 is 0. The molecule has 3 nitrogen and oxygen atoms in total. The number of benzene rings is 3. The standard InChI is InChI=1S/C23H19FN2O/c24-21-8-4-7-20-22(14-16-26-23(20)21)25-15-13-17-9-11-19(12-10-17)27-18-5-2-1-3-6-18/h1-12,14,16H,13,15H2,(H,25,26). The van der Waals surface area contributed by atoms with Crippen LogP contribution >= 0.6 is 0 Å². The van der Waals surface area contributed by atoms with Crippen molar-refractivity contribution in [1.82, 2.24) is 4.98 Å². The monoisotopic (exact) mass is 358 g/mol. The molecule has 27 heavy (non-hydrogen) atoms. The Hall–Kier alpha value is -3.40. The fraction of sp³-hybridized carbons (Fsp3) is 0.0870. The Balaban J connectivity index is 1.38. The zero-order valence-corrected chi connectivity index (χ0v) is 14.7. The summed E-state index contributed by atoms with van der Waals surface area (Å²) in [4.78, 5) is 4.12. The van der Waals surface area contributed by atoms with Gasteiger partial charge >= 0.3 is 0 Å². The molecule has 0 saturated heterocycles. The van der Waals surface area contributed by atoms with Crippen molar-refractivity contribution in [3.8, 4) is 11.5 Å². The maximum atomic E-state index is 13.8. The Morgan fingerprint density at radius 1 is 0.815 bits per heavy atom. The molecule has 1 aromatic heterocycles. The van der Waals surface area contributed by atoms with Crippen LogP contribution in [0.2, 0.25) is 0 Å². The summed E-state index contributed by atoms with van der Waals surface area (Å²) in [5.74, 6) is 1.34. The molecule has 0 aliphatic heterocycles. The van der Waals surface area contributed by atoms with Crippen molar-refractivity contribution in [2.45, 2.75) is 6.42 Å². The van der Waals surface area contributed by atoms with E-state index in [1.165, 1.54) is 11.6 Å². The molecule has 0 radical (unpaired) electrons. The third kappa shape index (κ3) is 4.06. The van der Waals surface area contributed by atoms with Crippen molar-refractivity contribution in [1.29, 1.82) is 0 Å². The molecule has 0 fully saturated rings. The molecule has 0 aliphatic rings. The lowest BCUT2D eigenvalue weighted by Gasteiger charge is -2.10. The van der Waals surface area contributed by atoms with Gasteiger partial charge in [-0.2, -0.15) is 0 Å². The zero-order valence-electron chi connectivity index (χ0n) is 14.7. The zero-order chi connectivity index (χ0) is 18.5. The fourth-order valence-electron chi connectivity index (χ4n) is 2.98. The molecule has 4 aromatic rings. The lowest BCUT2D eigenvalue weighted by Crippen LogP contribution is -2.05. The minimum Gasteiger partial charge on any atom is -0.457 e. The van der Waals surface area contributed by atoms with Crippen molar-refractivity contribution in [2.24, 2.45) is 0 Å². The van der Waals surface area contributed by atoms with Gasteiger partial charge in [0.1, 0.15) is 22.8 Å². The van der Waals surface area contributed by atoms with Crippen LogP contribution in [0.5, 0.6) is 11.5 Å². The van der Waals surface area contributed by atoms with Crippen LogP contribution < -0.4 is 10.1 Å². The van der Waals surface area contributed by atoms with Crippen LogP contribution in [-0.4, -0.2) is 11.5 Å². The molecule has 4 rings (SSSR count). The maximum Gasteiger partial charge on any atom is 0.149 e. The van der Waals surface area contributed by atoms with Crippen LogP contribution in [0.1, 0.15) is 5.56 Å². The summed E-state index contributed by atoms with van der Waals surface area (Å²) in [7, 11) is 0. The van der Waals surface area contributed by atoms with E-state index in [2.05, 4.69) is 22.4 Å². The molecule has 3 aromatic carbocycles. The average molecular weight is 358 g/mol. The lowest BCUT2D eigenvalue weighted by molar-refractivity contribution is 0.482. The molecule has 0 bridgehead atoms. The minimum absolute atomic E-state index is 0.301. The second kappa shape index (κ2) is 7.87. The van der Waals surface area contributed by atoms with Gasteiger partial charge in [0, 0.05) is 23.8 Å². The highest BCUT2D eigenvalue weighted by Crippen LogP contribution is 2.24. The Morgan fingerprint density at radius 3 is 2.41 bits per heavy atom. The SMILES string of the molecule is Fc1cccc2c(NCCc3ccc(Oc4ccccc4)cc3)ccnc12. The summed E-state index contributed by atoms with van der Waals surface area (Å²) in [5.41, 5.74) is 2.49. The molecular formula is C23H19FN2O. The van der Waals surface area contributed by atoms with E-state index in [9.17, 15) is 4.39 Å². The highest BCUT2D eigenvalue weighted by atomic mass is 19.1. The highest BCUT2D eigenvalue weighted by Gasteiger charge is 2.05. The van der Waals surface area contributed by atoms with E-state index in [1.807, 2.05) is 54.6 Å². The Bertz CT molecular complexity index is 1030. The number of fused-ring (bicyclic) bond motifs is 1. The number of hydrogen-bond donors (Lipinski definition) is 1. The van der Waals surface area contributed by atoms with Crippen LogP contribution in [0.3, 0.4) is 0 Å². The van der Waals surface area contributed by atoms with Crippen LogP contribution in [0, 0.1) is 5.82 Å². The lowest BCUT2D eigenvalue weighted by atomic mass is 10.1. The topological polar surface area (TPSA) is 34.1 Å². The van der Waals surface area contributed by atoms with Crippen LogP contribution in [0.15, 0.2) is 85.1 Å². The van der Waals surface area contributed by atoms with Gasteiger partial charge in [0.05, 0.1) is 0 Å². The number of pyridine rings is 1. The smallest absolute Gasteiger partial charge is 0.149 e. The summed E-state index contributed by atoms with van der Waals surface area (Å²) in [5, 5.41) is 4.18. The van der Waals surface area contributed by atoms with Gasteiger partial charge in [-0.3, -0.25) is 4.98 Å². The van der Waals surface area contributed by atoms with E-state index in [4.69, 9.17) is 4.74 Å². The van der Waals surface area contributed by atoms with Crippen molar-refractivity contribution in [2.75, 3.05) is 11.9 Å². The number of hydrogen-bond acceptors (Lipinski definition) is 3. The molecule has 0 atom stereocenters. The molecule has 0 amide bonds.